The van der Waals surface area contributed by atoms with Gasteiger partial charge in [0, 0.05) is 5.92 Å². The second kappa shape index (κ2) is 4.97. The van der Waals surface area contributed by atoms with Gasteiger partial charge in [-0.3, -0.25) is 0 Å². The Morgan fingerprint density at radius 3 is 2.72 bits per heavy atom. The monoisotopic (exact) mass is 236 g/mol. The van der Waals surface area contributed by atoms with Gasteiger partial charge in [-0.2, -0.15) is 0 Å². The molecule has 0 bridgehead atoms. The van der Waals surface area contributed by atoms with Crippen molar-refractivity contribution in [2.75, 3.05) is 0 Å². The fourth-order valence-electron chi connectivity index (χ4n) is 3.05. The van der Waals surface area contributed by atoms with Crippen LogP contribution in [0.4, 0.5) is 0 Å². The summed E-state index contributed by atoms with van der Waals surface area (Å²) in [4.78, 5) is 0. The topological polar surface area (TPSA) is 0 Å². The van der Waals surface area contributed by atoms with Crippen LogP contribution >= 0.6 is 0 Å². The van der Waals surface area contributed by atoms with E-state index >= 15 is 0 Å². The number of fused-ring (bicyclic) bond motifs is 1. The third kappa shape index (κ3) is 2.08. The minimum absolute atomic E-state index is 0.615. The first-order chi connectivity index (χ1) is 8.88. The third-order valence-corrected chi connectivity index (χ3v) is 4.03. The molecule has 0 aromatic rings. The second-order valence-corrected chi connectivity index (χ2v) is 5.32. The Morgan fingerprint density at radius 2 is 1.94 bits per heavy atom. The molecule has 18 heavy (non-hydrogen) atoms. The molecule has 0 aromatic heterocycles. The van der Waals surface area contributed by atoms with Crippen molar-refractivity contribution in [3.63, 3.8) is 0 Å². The van der Waals surface area contributed by atoms with Gasteiger partial charge < -0.3 is 0 Å². The van der Waals surface area contributed by atoms with Crippen LogP contribution in [-0.2, 0) is 0 Å². The molecule has 0 spiro atoms. The predicted molar refractivity (Wildman–Crippen MR) is 78.2 cm³/mol. The molecule has 0 fully saturated rings. The Labute approximate surface area is 110 Å². The van der Waals surface area contributed by atoms with Crippen molar-refractivity contribution in [2.45, 2.75) is 32.6 Å². The van der Waals surface area contributed by atoms with E-state index in [9.17, 15) is 0 Å². The molecule has 0 heteroatoms. The van der Waals surface area contributed by atoms with Crippen molar-refractivity contribution in [1.29, 1.82) is 0 Å². The molecule has 3 aliphatic rings. The summed E-state index contributed by atoms with van der Waals surface area (Å²) in [7, 11) is 0. The van der Waals surface area contributed by atoms with Gasteiger partial charge in [0.15, 0.2) is 0 Å². The van der Waals surface area contributed by atoms with Crippen molar-refractivity contribution in [3.8, 4) is 0 Å². The van der Waals surface area contributed by atoms with E-state index in [0.717, 1.165) is 0 Å². The first-order valence-electron chi connectivity index (χ1n) is 7.05. The summed E-state index contributed by atoms with van der Waals surface area (Å²) >= 11 is 0. The lowest BCUT2D eigenvalue weighted by molar-refractivity contribution is 0.707. The molecule has 0 amide bonds. The maximum atomic E-state index is 2.44. The first kappa shape index (κ1) is 11.5. The van der Waals surface area contributed by atoms with Crippen LogP contribution in [0.25, 0.3) is 0 Å². The van der Waals surface area contributed by atoms with E-state index in [1.54, 1.807) is 5.57 Å². The highest BCUT2D eigenvalue weighted by Crippen LogP contribution is 2.41. The van der Waals surface area contributed by atoms with Gasteiger partial charge in [-0.1, -0.05) is 67.5 Å². The summed E-state index contributed by atoms with van der Waals surface area (Å²) in [5.74, 6) is 0.615. The van der Waals surface area contributed by atoms with Gasteiger partial charge in [-0.05, 0) is 36.0 Å². The van der Waals surface area contributed by atoms with Crippen molar-refractivity contribution in [3.05, 3.63) is 70.9 Å². The lowest BCUT2D eigenvalue weighted by Crippen LogP contribution is -2.05. The van der Waals surface area contributed by atoms with Crippen LogP contribution in [0.1, 0.15) is 32.6 Å². The van der Waals surface area contributed by atoms with Crippen molar-refractivity contribution in [1.82, 2.24) is 0 Å². The molecule has 0 saturated heterocycles. The Bertz CT molecular complexity index is 504. The van der Waals surface area contributed by atoms with Crippen LogP contribution in [-0.4, -0.2) is 0 Å². The highest BCUT2D eigenvalue weighted by Gasteiger charge is 2.26. The highest BCUT2D eigenvalue weighted by molar-refractivity contribution is 5.56. The van der Waals surface area contributed by atoms with E-state index in [4.69, 9.17) is 0 Å². The average molecular weight is 236 g/mol. The fourth-order valence-corrected chi connectivity index (χ4v) is 3.05. The molecule has 3 rings (SSSR count). The normalized spacial score (nSPS) is 24.6. The quantitative estimate of drug-likeness (QED) is 0.644. The molecule has 1 atom stereocenters. The Kier molecular flexibility index (Phi) is 3.19. The summed E-state index contributed by atoms with van der Waals surface area (Å²) < 4.78 is 0. The summed E-state index contributed by atoms with van der Waals surface area (Å²) in [5, 5.41) is 0. The molecule has 0 N–H and O–H groups in total. The minimum atomic E-state index is 0.615. The average Bonchev–Trinajstić information content (AvgIpc) is 3.04. The zero-order chi connectivity index (χ0) is 12.4. The summed E-state index contributed by atoms with van der Waals surface area (Å²) in [5.41, 5.74) is 6.05. The minimum Gasteiger partial charge on any atom is -0.0690 e. The fraction of sp³-hybridized carbons (Fsp3) is 0.333. The molecule has 0 saturated carbocycles. The first-order valence-corrected chi connectivity index (χ1v) is 7.05. The van der Waals surface area contributed by atoms with Crippen LogP contribution < -0.4 is 0 Å². The molecule has 0 aliphatic heterocycles. The van der Waals surface area contributed by atoms with Gasteiger partial charge in [0.1, 0.15) is 0 Å². The molecule has 3 aliphatic carbocycles. The van der Waals surface area contributed by atoms with Gasteiger partial charge in [0.05, 0.1) is 0 Å². The number of hydrogen-bond donors (Lipinski definition) is 0. The number of hydrogen-bond acceptors (Lipinski definition) is 0. The number of unbranched alkanes of at least 4 members (excludes halogenated alkanes) is 1. The van der Waals surface area contributed by atoms with Crippen LogP contribution in [0.5, 0.6) is 0 Å². The van der Waals surface area contributed by atoms with Crippen molar-refractivity contribution in [2.24, 2.45) is 5.92 Å². The van der Waals surface area contributed by atoms with E-state index in [0.29, 0.717) is 5.92 Å². The Hall–Kier alpha value is -1.56. The summed E-state index contributed by atoms with van der Waals surface area (Å²) in [6, 6.07) is 0. The van der Waals surface area contributed by atoms with Gasteiger partial charge in [0.2, 0.25) is 0 Å². The van der Waals surface area contributed by atoms with Crippen LogP contribution in [0.15, 0.2) is 70.9 Å². The largest absolute Gasteiger partial charge is 0.0690 e. The molecular weight excluding hydrogens is 216 g/mol. The molecule has 92 valence electrons. The maximum Gasteiger partial charge on any atom is 0.0132 e. The molecule has 0 heterocycles. The van der Waals surface area contributed by atoms with Crippen molar-refractivity contribution < 1.29 is 0 Å². The smallest absolute Gasteiger partial charge is 0.0132 e. The van der Waals surface area contributed by atoms with Gasteiger partial charge in [0.25, 0.3) is 0 Å². The van der Waals surface area contributed by atoms with E-state index in [2.05, 4.69) is 55.5 Å². The maximum absolute atomic E-state index is 2.44. The van der Waals surface area contributed by atoms with E-state index < -0.39 is 0 Å². The zero-order valence-corrected chi connectivity index (χ0v) is 11.0. The SMILES string of the molecule is CCCCC1=CC2=CC=CC(=C3C=CC=C3)C2C1. The molecule has 0 radical (unpaired) electrons. The number of allylic oxidation sites excluding steroid dienone is 12. The van der Waals surface area contributed by atoms with Crippen LogP contribution in [0.3, 0.4) is 0 Å². The molecule has 0 nitrogen and oxygen atoms in total. The Balaban J connectivity index is 1.84. The molecular formula is C18H20. The zero-order valence-electron chi connectivity index (χ0n) is 11.0. The second-order valence-electron chi connectivity index (χ2n) is 5.32. The molecule has 1 unspecified atom stereocenters. The van der Waals surface area contributed by atoms with Crippen LogP contribution in [0.2, 0.25) is 0 Å². The summed E-state index contributed by atoms with van der Waals surface area (Å²) in [6.07, 6.45) is 23.1. The third-order valence-electron chi connectivity index (χ3n) is 4.03. The lowest BCUT2D eigenvalue weighted by atomic mass is 9.85. The van der Waals surface area contributed by atoms with E-state index in [1.165, 1.54) is 42.4 Å². The summed E-state index contributed by atoms with van der Waals surface area (Å²) in [6.45, 7) is 2.27. The standard InChI is InChI=1S/C18H20/c1-2-3-7-14-12-16-10-6-11-17(18(16)13-14)15-8-4-5-9-15/h4-6,8-12,18H,2-3,7,13H2,1H3. The van der Waals surface area contributed by atoms with Crippen LogP contribution in [0, 0.1) is 5.92 Å². The Morgan fingerprint density at radius 1 is 1.11 bits per heavy atom. The lowest BCUT2D eigenvalue weighted by Gasteiger charge is -2.19. The number of rotatable bonds is 3. The van der Waals surface area contributed by atoms with Crippen molar-refractivity contribution >= 4 is 0 Å². The highest BCUT2D eigenvalue weighted by atomic mass is 14.3. The molecule has 0 aromatic carbocycles. The van der Waals surface area contributed by atoms with E-state index in [-0.39, 0.29) is 0 Å². The predicted octanol–water partition coefficient (Wildman–Crippen LogP) is 5.04. The van der Waals surface area contributed by atoms with Gasteiger partial charge in [-0.15, -0.1) is 0 Å². The van der Waals surface area contributed by atoms with E-state index in [1.807, 2.05) is 0 Å². The van der Waals surface area contributed by atoms with Gasteiger partial charge >= 0.3 is 0 Å². The van der Waals surface area contributed by atoms with Gasteiger partial charge in [-0.25, -0.2) is 0 Å².